The maximum Gasteiger partial charge on any atom is 0.198 e. The van der Waals surface area contributed by atoms with Crippen molar-refractivity contribution >= 4 is 6.29 Å². The highest BCUT2D eigenvalue weighted by atomic mass is 16.1. The van der Waals surface area contributed by atoms with Crippen molar-refractivity contribution in [2.45, 2.75) is 65.2 Å². The predicted octanol–water partition coefficient (Wildman–Crippen LogP) is 4.32. The molecule has 1 heteroatoms. The van der Waals surface area contributed by atoms with E-state index < -0.39 is 0 Å². The van der Waals surface area contributed by atoms with Crippen LogP contribution in [0.4, 0.5) is 0 Å². The van der Waals surface area contributed by atoms with E-state index in [9.17, 15) is 4.79 Å². The molecule has 0 amide bonds. The molecule has 1 radical (unpaired) electrons. The first-order chi connectivity index (χ1) is 8.14. The molecule has 0 unspecified atom stereocenters. The van der Waals surface area contributed by atoms with Gasteiger partial charge in [0.25, 0.3) is 0 Å². The topological polar surface area (TPSA) is 17.1 Å². The molecular weight excluding hydrogens is 220 g/mol. The molecule has 0 aliphatic carbocycles. The van der Waals surface area contributed by atoms with Gasteiger partial charge in [0.05, 0.1) is 0 Å². The zero-order valence-corrected chi connectivity index (χ0v) is 12.6. The van der Waals surface area contributed by atoms with Crippen molar-refractivity contribution in [3.05, 3.63) is 34.9 Å². The van der Waals surface area contributed by atoms with Gasteiger partial charge >= 0.3 is 0 Å². The van der Waals surface area contributed by atoms with Gasteiger partial charge in [0.2, 0.25) is 0 Å². The van der Waals surface area contributed by atoms with Gasteiger partial charge in [-0.15, -0.1) is 0 Å². The Morgan fingerprint density at radius 3 is 1.67 bits per heavy atom. The molecule has 0 spiro atoms. The van der Waals surface area contributed by atoms with Gasteiger partial charge in [-0.25, -0.2) is 0 Å². The summed E-state index contributed by atoms with van der Waals surface area (Å²) in [6.07, 6.45) is 3.25. The summed E-state index contributed by atoms with van der Waals surface area (Å²) in [5, 5.41) is 0. The predicted molar refractivity (Wildman–Crippen MR) is 77.9 cm³/mol. The fraction of sp³-hybridized carbons (Fsp3) is 0.588. The lowest BCUT2D eigenvalue weighted by atomic mass is 9.79. The van der Waals surface area contributed by atoms with Crippen LogP contribution in [-0.4, -0.2) is 6.29 Å². The van der Waals surface area contributed by atoms with Crippen molar-refractivity contribution in [2.75, 3.05) is 0 Å². The lowest BCUT2D eigenvalue weighted by molar-refractivity contribution is 0.550. The molecule has 0 atom stereocenters. The monoisotopic (exact) mass is 245 g/mol. The largest absolute Gasteiger partial charge is 0.291 e. The Bertz CT molecular complexity index is 384. The van der Waals surface area contributed by atoms with Crippen molar-refractivity contribution < 1.29 is 4.79 Å². The Labute approximate surface area is 112 Å². The van der Waals surface area contributed by atoms with Crippen LogP contribution in [0.25, 0.3) is 0 Å². The zero-order valence-electron chi connectivity index (χ0n) is 12.6. The van der Waals surface area contributed by atoms with Crippen LogP contribution in [0.3, 0.4) is 0 Å². The van der Waals surface area contributed by atoms with Crippen LogP contribution in [-0.2, 0) is 22.0 Å². The molecule has 1 nitrogen and oxygen atoms in total. The summed E-state index contributed by atoms with van der Waals surface area (Å²) in [5.41, 5.74) is 4.21. The van der Waals surface area contributed by atoms with Crippen LogP contribution in [0.15, 0.2) is 18.2 Å². The van der Waals surface area contributed by atoms with E-state index in [1.807, 2.05) is 6.29 Å². The molecule has 18 heavy (non-hydrogen) atoms. The summed E-state index contributed by atoms with van der Waals surface area (Å²) in [6.45, 7) is 13.4. The minimum atomic E-state index is 0.140. The first-order valence-electron chi connectivity index (χ1n) is 6.64. The van der Waals surface area contributed by atoms with Crippen molar-refractivity contribution in [2.24, 2.45) is 0 Å². The van der Waals surface area contributed by atoms with E-state index in [0.29, 0.717) is 6.42 Å². The smallest absolute Gasteiger partial charge is 0.198 e. The molecule has 1 rings (SSSR count). The van der Waals surface area contributed by atoms with E-state index in [0.717, 1.165) is 6.42 Å². The number of hydrogen-bond acceptors (Lipinski definition) is 1. The summed E-state index contributed by atoms with van der Waals surface area (Å²) in [5.74, 6) is 0. The molecule has 0 aliphatic rings. The Hall–Kier alpha value is -1.11. The summed E-state index contributed by atoms with van der Waals surface area (Å²) < 4.78 is 0. The minimum absolute atomic E-state index is 0.140. The van der Waals surface area contributed by atoms with Crippen LogP contribution in [0, 0.1) is 0 Å². The first-order valence-corrected chi connectivity index (χ1v) is 6.64. The third-order valence-corrected chi connectivity index (χ3v) is 3.24. The van der Waals surface area contributed by atoms with Gasteiger partial charge < -0.3 is 0 Å². The summed E-state index contributed by atoms with van der Waals surface area (Å²) >= 11 is 0. The third-order valence-electron chi connectivity index (χ3n) is 3.24. The standard InChI is InChI=1S/C17H25O/c1-16(2,3)14-10-13(8-7-9-18)11-15(12-14)17(4,5)6/h10-12H,7-8H2,1-6H3. The van der Waals surface area contributed by atoms with Crippen LogP contribution < -0.4 is 0 Å². The molecule has 0 bridgehead atoms. The molecule has 0 N–H and O–H groups in total. The second-order valence-electron chi connectivity index (χ2n) is 7.06. The van der Waals surface area contributed by atoms with Gasteiger partial charge in [-0.1, -0.05) is 59.7 Å². The quantitative estimate of drug-likeness (QED) is 0.775. The van der Waals surface area contributed by atoms with Crippen LogP contribution >= 0.6 is 0 Å². The summed E-state index contributed by atoms with van der Waals surface area (Å²) in [4.78, 5) is 10.4. The lowest BCUT2D eigenvalue weighted by Gasteiger charge is -2.26. The van der Waals surface area contributed by atoms with E-state index in [4.69, 9.17) is 0 Å². The first kappa shape index (κ1) is 14.9. The normalized spacial score (nSPS) is 12.6. The van der Waals surface area contributed by atoms with Crippen molar-refractivity contribution in [3.63, 3.8) is 0 Å². The van der Waals surface area contributed by atoms with Crippen LogP contribution in [0.1, 0.15) is 64.7 Å². The van der Waals surface area contributed by atoms with Crippen LogP contribution in [0.5, 0.6) is 0 Å². The van der Waals surface area contributed by atoms with Gasteiger partial charge in [-0.3, -0.25) is 4.79 Å². The molecular formula is C17H25O. The molecule has 0 aliphatic heterocycles. The minimum Gasteiger partial charge on any atom is -0.291 e. The van der Waals surface area contributed by atoms with Crippen molar-refractivity contribution in [3.8, 4) is 0 Å². The van der Waals surface area contributed by atoms with E-state index in [1.54, 1.807) is 0 Å². The highest BCUT2D eigenvalue weighted by Gasteiger charge is 2.20. The van der Waals surface area contributed by atoms with Gasteiger partial charge in [0.15, 0.2) is 6.29 Å². The molecule has 0 saturated carbocycles. The van der Waals surface area contributed by atoms with E-state index in [-0.39, 0.29) is 10.8 Å². The summed E-state index contributed by atoms with van der Waals surface area (Å²) in [7, 11) is 0. The Balaban J connectivity index is 3.24. The summed E-state index contributed by atoms with van der Waals surface area (Å²) in [6, 6.07) is 6.76. The molecule has 1 aromatic rings. The number of carbonyl (C=O) groups excluding carboxylic acids is 1. The highest BCUT2D eigenvalue weighted by Crippen LogP contribution is 2.30. The molecule has 99 valence electrons. The maximum atomic E-state index is 10.4. The maximum absolute atomic E-state index is 10.4. The van der Waals surface area contributed by atoms with Gasteiger partial charge in [0.1, 0.15) is 0 Å². The number of benzene rings is 1. The van der Waals surface area contributed by atoms with E-state index >= 15 is 0 Å². The molecule has 0 heterocycles. The fourth-order valence-corrected chi connectivity index (χ4v) is 1.90. The Morgan fingerprint density at radius 2 is 1.33 bits per heavy atom. The number of rotatable bonds is 3. The van der Waals surface area contributed by atoms with Gasteiger partial charge in [-0.05, 0) is 33.9 Å². The zero-order chi connectivity index (χ0) is 14.0. The Kier molecular flexibility index (Phi) is 4.37. The SMILES string of the molecule is CC(C)(C)c1cc(CC[C]=O)cc(C(C)(C)C)c1. The van der Waals surface area contributed by atoms with Gasteiger partial charge in [0, 0.05) is 6.42 Å². The molecule has 0 aromatic heterocycles. The molecule has 0 saturated heterocycles. The number of hydrogen-bond donors (Lipinski definition) is 0. The van der Waals surface area contributed by atoms with E-state index in [1.165, 1.54) is 16.7 Å². The Morgan fingerprint density at radius 1 is 0.889 bits per heavy atom. The number of aryl methyl sites for hydroxylation is 1. The van der Waals surface area contributed by atoms with Crippen molar-refractivity contribution in [1.29, 1.82) is 0 Å². The molecule has 1 aromatic carbocycles. The second kappa shape index (κ2) is 5.26. The van der Waals surface area contributed by atoms with Crippen molar-refractivity contribution in [1.82, 2.24) is 0 Å². The van der Waals surface area contributed by atoms with Crippen LogP contribution in [0.2, 0.25) is 0 Å². The average molecular weight is 245 g/mol. The van der Waals surface area contributed by atoms with Gasteiger partial charge in [-0.2, -0.15) is 0 Å². The average Bonchev–Trinajstić information content (AvgIpc) is 2.23. The van der Waals surface area contributed by atoms with E-state index in [2.05, 4.69) is 59.7 Å². The highest BCUT2D eigenvalue weighted by molar-refractivity contribution is 5.51. The molecule has 0 fully saturated rings. The fourth-order valence-electron chi connectivity index (χ4n) is 1.90. The lowest BCUT2D eigenvalue weighted by Crippen LogP contribution is -2.17. The third kappa shape index (κ3) is 3.97. The second-order valence-corrected chi connectivity index (χ2v) is 7.06.